The number of rotatable bonds is 4. The molecule has 4 aromatic heterocycles. The Bertz CT molecular complexity index is 1360. The molecule has 5 rings (SSSR count). The Balaban J connectivity index is 1.59. The van der Waals surface area contributed by atoms with Gasteiger partial charge in [-0.2, -0.15) is 0 Å². The number of H-pyrrole nitrogens is 1. The van der Waals surface area contributed by atoms with Gasteiger partial charge in [0.1, 0.15) is 12.1 Å². The van der Waals surface area contributed by atoms with Gasteiger partial charge in [0.15, 0.2) is 0 Å². The van der Waals surface area contributed by atoms with Crippen molar-refractivity contribution in [3.05, 3.63) is 91.0 Å². The number of anilines is 1. The molecule has 7 nitrogen and oxygen atoms in total. The number of nitrogens with zero attached hydrogens (tertiary/aromatic N) is 4. The Morgan fingerprint density at radius 1 is 0.867 bits per heavy atom. The molecule has 0 unspecified atom stereocenters. The van der Waals surface area contributed by atoms with Crippen LogP contribution < -0.4 is 5.73 Å². The Kier molecular flexibility index (Phi) is 4.25. The minimum atomic E-state index is 0.270. The van der Waals surface area contributed by atoms with Gasteiger partial charge in [-0.3, -0.25) is 10.4 Å². The summed E-state index contributed by atoms with van der Waals surface area (Å²) in [5.74, 6) is 0.298. The summed E-state index contributed by atoms with van der Waals surface area (Å²) in [6.45, 7) is 0. The highest BCUT2D eigenvalue weighted by atomic mass is 14.8. The van der Waals surface area contributed by atoms with Gasteiger partial charge >= 0.3 is 0 Å². The molecule has 4 N–H and O–H groups in total. The minimum absolute atomic E-state index is 0.270. The molecule has 1 aromatic carbocycles. The van der Waals surface area contributed by atoms with Crippen LogP contribution in [0.5, 0.6) is 0 Å². The lowest BCUT2D eigenvalue weighted by Crippen LogP contribution is -2.08. The lowest BCUT2D eigenvalue weighted by atomic mass is 10.0. The quantitative estimate of drug-likeness (QED) is 0.399. The van der Waals surface area contributed by atoms with E-state index in [2.05, 4.69) is 24.9 Å². The van der Waals surface area contributed by atoms with Crippen LogP contribution in [-0.2, 0) is 0 Å². The number of benzene rings is 1. The monoisotopic (exact) mass is 391 g/mol. The van der Waals surface area contributed by atoms with Crippen LogP contribution in [0.15, 0.2) is 79.8 Å². The molecule has 0 bridgehead atoms. The Labute approximate surface area is 172 Å². The predicted octanol–water partition coefficient (Wildman–Crippen LogP) is 4.08. The number of nitrogens with one attached hydrogen (secondary N) is 2. The zero-order valence-electron chi connectivity index (χ0n) is 15.9. The van der Waals surface area contributed by atoms with E-state index in [1.54, 1.807) is 24.8 Å². The zero-order chi connectivity index (χ0) is 20.5. The van der Waals surface area contributed by atoms with Gasteiger partial charge in [0.05, 0.1) is 11.4 Å². The third-order valence-electron chi connectivity index (χ3n) is 4.99. The standard InChI is InChI=1S/C23H17N7/c24-22(19-7-15(12-29-23(19)25)16-10-27-13-28-11-16)21-8-18-17(4-1-5-20(18)30-21)14-3-2-6-26-9-14/h1-13,24,30H,(H2,25,29). The second-order valence-corrected chi connectivity index (χ2v) is 6.85. The number of hydrogen-bond acceptors (Lipinski definition) is 6. The van der Waals surface area contributed by atoms with Gasteiger partial charge in [0.2, 0.25) is 0 Å². The molecule has 5 aromatic rings. The zero-order valence-corrected chi connectivity index (χ0v) is 15.9. The van der Waals surface area contributed by atoms with Crippen LogP contribution in [0.1, 0.15) is 11.3 Å². The summed E-state index contributed by atoms with van der Waals surface area (Å²) < 4.78 is 0. The normalized spacial score (nSPS) is 10.9. The fraction of sp³-hybridized carbons (Fsp3) is 0. The second-order valence-electron chi connectivity index (χ2n) is 6.85. The van der Waals surface area contributed by atoms with Gasteiger partial charge in [0.25, 0.3) is 0 Å². The van der Waals surface area contributed by atoms with Gasteiger partial charge < -0.3 is 10.7 Å². The molecule has 7 heteroatoms. The maximum Gasteiger partial charge on any atom is 0.132 e. The third-order valence-corrected chi connectivity index (χ3v) is 4.99. The lowest BCUT2D eigenvalue weighted by molar-refractivity contribution is 1.17. The average Bonchev–Trinajstić information content (AvgIpc) is 3.25. The van der Waals surface area contributed by atoms with Crippen LogP contribution in [0.2, 0.25) is 0 Å². The van der Waals surface area contributed by atoms with Gasteiger partial charge in [-0.25, -0.2) is 15.0 Å². The van der Waals surface area contributed by atoms with E-state index in [1.807, 2.05) is 48.7 Å². The first-order valence-corrected chi connectivity index (χ1v) is 9.33. The molecule has 4 heterocycles. The molecule has 0 spiro atoms. The number of hydrogen-bond donors (Lipinski definition) is 3. The number of nitrogen functional groups attached to an aromatic ring is 1. The van der Waals surface area contributed by atoms with Gasteiger partial charge in [0, 0.05) is 64.1 Å². The van der Waals surface area contributed by atoms with Crippen LogP contribution in [0.25, 0.3) is 33.2 Å². The fourth-order valence-electron chi connectivity index (χ4n) is 3.49. The van der Waals surface area contributed by atoms with Crippen molar-refractivity contribution in [2.45, 2.75) is 0 Å². The first-order valence-electron chi connectivity index (χ1n) is 9.33. The Hall–Kier alpha value is -4.39. The Morgan fingerprint density at radius 2 is 1.70 bits per heavy atom. The van der Waals surface area contributed by atoms with Crippen molar-refractivity contribution in [1.29, 1.82) is 5.41 Å². The van der Waals surface area contributed by atoms with Crippen molar-refractivity contribution < 1.29 is 0 Å². The minimum Gasteiger partial charge on any atom is -0.383 e. The molecule has 0 fully saturated rings. The van der Waals surface area contributed by atoms with Crippen molar-refractivity contribution in [2.75, 3.05) is 5.73 Å². The van der Waals surface area contributed by atoms with Gasteiger partial charge in [-0.1, -0.05) is 18.2 Å². The molecule has 0 aliphatic rings. The molecule has 144 valence electrons. The summed E-state index contributed by atoms with van der Waals surface area (Å²) in [6.07, 6.45) is 10.1. The van der Waals surface area contributed by atoms with E-state index in [0.717, 1.165) is 33.2 Å². The smallest absolute Gasteiger partial charge is 0.132 e. The molecule has 0 saturated heterocycles. The van der Waals surface area contributed by atoms with Crippen molar-refractivity contribution >= 4 is 22.4 Å². The van der Waals surface area contributed by atoms with E-state index in [0.29, 0.717) is 17.1 Å². The van der Waals surface area contributed by atoms with Crippen LogP contribution in [-0.4, -0.2) is 30.6 Å². The fourth-order valence-corrected chi connectivity index (χ4v) is 3.49. The van der Waals surface area contributed by atoms with Crippen molar-refractivity contribution in [2.24, 2.45) is 0 Å². The molecular weight excluding hydrogens is 374 g/mol. The van der Waals surface area contributed by atoms with Crippen LogP contribution in [0, 0.1) is 5.41 Å². The van der Waals surface area contributed by atoms with E-state index in [4.69, 9.17) is 11.1 Å². The maximum atomic E-state index is 8.78. The third kappa shape index (κ3) is 3.08. The predicted molar refractivity (Wildman–Crippen MR) is 117 cm³/mol. The molecule has 0 amide bonds. The summed E-state index contributed by atoms with van der Waals surface area (Å²) >= 11 is 0. The van der Waals surface area contributed by atoms with Crippen LogP contribution >= 0.6 is 0 Å². The Morgan fingerprint density at radius 3 is 2.50 bits per heavy atom. The summed E-state index contributed by atoms with van der Waals surface area (Å²) in [4.78, 5) is 19.9. The van der Waals surface area contributed by atoms with Crippen molar-refractivity contribution in [3.8, 4) is 22.3 Å². The molecule has 30 heavy (non-hydrogen) atoms. The molecule has 0 aliphatic heterocycles. The number of aromatic nitrogens is 5. The molecule has 0 aliphatic carbocycles. The molecule has 0 atom stereocenters. The molecule has 0 radical (unpaired) electrons. The highest BCUT2D eigenvalue weighted by molar-refractivity contribution is 6.15. The maximum absolute atomic E-state index is 8.78. The molecule has 0 saturated carbocycles. The average molecular weight is 391 g/mol. The van der Waals surface area contributed by atoms with Gasteiger partial charge in [-0.05, 0) is 29.8 Å². The number of pyridine rings is 2. The summed E-state index contributed by atoms with van der Waals surface area (Å²) in [7, 11) is 0. The number of fused-ring (bicyclic) bond motifs is 1. The van der Waals surface area contributed by atoms with Crippen LogP contribution in [0.3, 0.4) is 0 Å². The van der Waals surface area contributed by atoms with E-state index < -0.39 is 0 Å². The topological polar surface area (TPSA) is 117 Å². The van der Waals surface area contributed by atoms with Crippen molar-refractivity contribution in [3.63, 3.8) is 0 Å². The highest BCUT2D eigenvalue weighted by Gasteiger charge is 2.15. The second kappa shape index (κ2) is 7.21. The van der Waals surface area contributed by atoms with E-state index >= 15 is 0 Å². The largest absolute Gasteiger partial charge is 0.383 e. The first kappa shape index (κ1) is 17.7. The number of aromatic amines is 1. The summed E-state index contributed by atoms with van der Waals surface area (Å²) in [6, 6.07) is 13.8. The van der Waals surface area contributed by atoms with E-state index in [1.165, 1.54) is 6.33 Å². The lowest BCUT2D eigenvalue weighted by Gasteiger charge is -2.08. The van der Waals surface area contributed by atoms with Gasteiger partial charge in [-0.15, -0.1) is 0 Å². The van der Waals surface area contributed by atoms with E-state index in [-0.39, 0.29) is 5.71 Å². The summed E-state index contributed by atoms with van der Waals surface area (Å²) in [5, 5.41) is 9.80. The SMILES string of the molecule is N=C(c1cc2c(-c3cccnc3)cccc2[nH]1)c1cc(-c2cncnc2)cnc1N. The first-order chi connectivity index (χ1) is 14.7. The van der Waals surface area contributed by atoms with E-state index in [9.17, 15) is 0 Å². The number of nitrogens with two attached hydrogens (primary N) is 1. The molecular formula is C23H17N7. The van der Waals surface area contributed by atoms with Crippen LogP contribution in [0.4, 0.5) is 5.82 Å². The van der Waals surface area contributed by atoms with Crippen molar-refractivity contribution in [1.82, 2.24) is 24.9 Å². The highest BCUT2D eigenvalue weighted by Crippen LogP contribution is 2.30. The summed E-state index contributed by atoms with van der Waals surface area (Å²) in [5.41, 5.74) is 12.2.